The Bertz CT molecular complexity index is 452. The fraction of sp³-hybridized carbons (Fsp3) is 0.600. The lowest BCUT2D eigenvalue weighted by Gasteiger charge is -2.12. The molecule has 0 saturated heterocycles. The summed E-state index contributed by atoms with van der Waals surface area (Å²) in [5.74, 6) is 1.67. The van der Waals surface area contributed by atoms with Crippen molar-refractivity contribution < 1.29 is 4.74 Å². The summed E-state index contributed by atoms with van der Waals surface area (Å²) in [5.41, 5.74) is 3.01. The molecule has 3 unspecified atom stereocenters. The first-order chi connectivity index (χ1) is 7.97. The summed E-state index contributed by atoms with van der Waals surface area (Å²) in [5, 5.41) is 0.159. The van der Waals surface area contributed by atoms with E-state index >= 15 is 0 Å². The van der Waals surface area contributed by atoms with E-state index in [-0.39, 0.29) is 5.38 Å². The molecule has 1 heterocycles. The topological polar surface area (TPSA) is 9.23 Å². The molecule has 0 bridgehead atoms. The lowest BCUT2D eigenvalue weighted by atomic mass is 9.99. The van der Waals surface area contributed by atoms with Crippen LogP contribution in [0, 0.1) is 11.3 Å². The molecule has 2 heteroatoms. The highest BCUT2D eigenvalue weighted by molar-refractivity contribution is 6.21. The zero-order valence-corrected chi connectivity index (χ0v) is 11.4. The molecule has 1 fully saturated rings. The SMILES string of the molecule is CC1Cc2cc(C(Cl)C3CC3(C)C)ccc2O1. The van der Waals surface area contributed by atoms with Gasteiger partial charge in [-0.2, -0.15) is 0 Å². The molecule has 2 aliphatic rings. The average Bonchev–Trinajstić information content (AvgIpc) is 2.73. The van der Waals surface area contributed by atoms with Gasteiger partial charge in [-0.25, -0.2) is 0 Å². The average molecular weight is 251 g/mol. The van der Waals surface area contributed by atoms with Crippen LogP contribution < -0.4 is 4.74 Å². The van der Waals surface area contributed by atoms with Crippen LogP contribution in [-0.2, 0) is 6.42 Å². The lowest BCUT2D eigenvalue weighted by molar-refractivity contribution is 0.254. The van der Waals surface area contributed by atoms with E-state index in [1.54, 1.807) is 0 Å². The Morgan fingerprint density at radius 2 is 2.12 bits per heavy atom. The highest BCUT2D eigenvalue weighted by Crippen LogP contribution is 2.60. The summed E-state index contributed by atoms with van der Waals surface area (Å²) in [6.07, 6.45) is 2.57. The highest BCUT2D eigenvalue weighted by Gasteiger charge is 2.50. The molecule has 1 aromatic rings. The zero-order chi connectivity index (χ0) is 12.2. The Hall–Kier alpha value is -0.690. The Kier molecular flexibility index (Phi) is 2.45. The highest BCUT2D eigenvalue weighted by atomic mass is 35.5. The molecule has 1 saturated carbocycles. The third-order valence-corrected chi connectivity index (χ3v) is 4.74. The van der Waals surface area contributed by atoms with Crippen molar-refractivity contribution in [1.82, 2.24) is 0 Å². The van der Waals surface area contributed by atoms with Crippen molar-refractivity contribution in [3.63, 3.8) is 0 Å². The quantitative estimate of drug-likeness (QED) is 0.710. The molecule has 0 spiro atoms. The van der Waals surface area contributed by atoms with Crippen LogP contribution in [0.3, 0.4) is 0 Å². The van der Waals surface area contributed by atoms with Crippen molar-refractivity contribution in [2.45, 2.75) is 45.1 Å². The minimum atomic E-state index is 0.159. The summed E-state index contributed by atoms with van der Waals surface area (Å²) >= 11 is 6.59. The minimum absolute atomic E-state index is 0.159. The van der Waals surface area contributed by atoms with E-state index in [0.717, 1.165) is 12.2 Å². The lowest BCUT2D eigenvalue weighted by Crippen LogP contribution is -2.05. The van der Waals surface area contributed by atoms with Gasteiger partial charge in [0.15, 0.2) is 0 Å². The van der Waals surface area contributed by atoms with E-state index in [4.69, 9.17) is 16.3 Å². The Labute approximate surface area is 108 Å². The smallest absolute Gasteiger partial charge is 0.123 e. The molecule has 3 atom stereocenters. The Morgan fingerprint density at radius 3 is 2.76 bits per heavy atom. The van der Waals surface area contributed by atoms with E-state index in [2.05, 4.69) is 39.0 Å². The summed E-state index contributed by atoms with van der Waals surface area (Å²) in [6, 6.07) is 6.45. The maximum atomic E-state index is 6.59. The van der Waals surface area contributed by atoms with Crippen LogP contribution in [0.1, 0.15) is 43.7 Å². The van der Waals surface area contributed by atoms with Gasteiger partial charge in [0.1, 0.15) is 11.9 Å². The molecule has 0 N–H and O–H groups in total. The monoisotopic (exact) mass is 250 g/mol. The molecule has 92 valence electrons. The number of benzene rings is 1. The first-order valence-corrected chi connectivity index (χ1v) is 6.84. The van der Waals surface area contributed by atoms with Crippen LogP contribution in [0.15, 0.2) is 18.2 Å². The predicted octanol–water partition coefficient (Wildman–Crippen LogP) is 4.34. The first kappa shape index (κ1) is 11.4. The van der Waals surface area contributed by atoms with Crippen molar-refractivity contribution in [3.8, 4) is 5.75 Å². The van der Waals surface area contributed by atoms with Gasteiger partial charge in [-0.1, -0.05) is 26.0 Å². The summed E-state index contributed by atoms with van der Waals surface area (Å²) in [6.45, 7) is 6.71. The number of ether oxygens (including phenoxy) is 1. The van der Waals surface area contributed by atoms with E-state index < -0.39 is 0 Å². The molecular weight excluding hydrogens is 232 g/mol. The van der Waals surface area contributed by atoms with Crippen molar-refractivity contribution in [2.24, 2.45) is 11.3 Å². The minimum Gasteiger partial charge on any atom is -0.490 e. The normalized spacial score (nSPS) is 30.6. The third-order valence-electron chi connectivity index (χ3n) is 4.18. The van der Waals surface area contributed by atoms with E-state index in [1.807, 2.05) is 0 Å². The third kappa shape index (κ3) is 1.95. The van der Waals surface area contributed by atoms with Crippen molar-refractivity contribution >= 4 is 11.6 Å². The van der Waals surface area contributed by atoms with Crippen LogP contribution in [0.5, 0.6) is 5.75 Å². The molecule has 0 aromatic heterocycles. The first-order valence-electron chi connectivity index (χ1n) is 6.41. The second kappa shape index (κ2) is 3.65. The van der Waals surface area contributed by atoms with Gasteiger partial charge >= 0.3 is 0 Å². The summed E-state index contributed by atoms with van der Waals surface area (Å²) < 4.78 is 5.72. The fourth-order valence-electron chi connectivity index (χ4n) is 2.85. The van der Waals surface area contributed by atoms with Crippen LogP contribution >= 0.6 is 11.6 Å². The van der Waals surface area contributed by atoms with Gasteiger partial charge in [0, 0.05) is 6.42 Å². The summed E-state index contributed by atoms with van der Waals surface area (Å²) in [4.78, 5) is 0. The van der Waals surface area contributed by atoms with Crippen LogP contribution in [0.4, 0.5) is 0 Å². The van der Waals surface area contributed by atoms with Crippen molar-refractivity contribution in [1.29, 1.82) is 0 Å². The number of rotatable bonds is 2. The van der Waals surface area contributed by atoms with Gasteiger partial charge in [0.05, 0.1) is 5.38 Å². The second-order valence-corrected chi connectivity index (χ2v) is 6.67. The second-order valence-electron chi connectivity index (χ2n) is 6.20. The molecule has 1 aliphatic carbocycles. The molecule has 0 radical (unpaired) electrons. The molecule has 1 aromatic carbocycles. The number of hydrogen-bond acceptors (Lipinski definition) is 1. The molecule has 1 aliphatic heterocycles. The maximum absolute atomic E-state index is 6.59. The fourth-order valence-corrected chi connectivity index (χ4v) is 3.42. The van der Waals surface area contributed by atoms with Gasteiger partial charge in [0.25, 0.3) is 0 Å². The zero-order valence-electron chi connectivity index (χ0n) is 10.7. The number of halogens is 1. The van der Waals surface area contributed by atoms with Gasteiger partial charge in [0.2, 0.25) is 0 Å². The summed E-state index contributed by atoms with van der Waals surface area (Å²) in [7, 11) is 0. The molecule has 3 rings (SSSR count). The number of fused-ring (bicyclic) bond motifs is 1. The Balaban J connectivity index is 1.83. The van der Waals surface area contributed by atoms with Crippen molar-refractivity contribution in [3.05, 3.63) is 29.3 Å². The van der Waals surface area contributed by atoms with Crippen LogP contribution in [-0.4, -0.2) is 6.10 Å². The van der Waals surface area contributed by atoms with Gasteiger partial charge in [-0.15, -0.1) is 11.6 Å². The van der Waals surface area contributed by atoms with Gasteiger partial charge in [-0.05, 0) is 41.9 Å². The van der Waals surface area contributed by atoms with Crippen LogP contribution in [0.2, 0.25) is 0 Å². The van der Waals surface area contributed by atoms with Crippen LogP contribution in [0.25, 0.3) is 0 Å². The standard InChI is InChI=1S/C15H19ClO/c1-9-6-11-7-10(4-5-13(11)17-9)14(16)12-8-15(12,2)3/h4-5,7,9,12,14H,6,8H2,1-3H3. The number of alkyl halides is 1. The largest absolute Gasteiger partial charge is 0.490 e. The molecular formula is C15H19ClO. The van der Waals surface area contributed by atoms with E-state index in [9.17, 15) is 0 Å². The maximum Gasteiger partial charge on any atom is 0.123 e. The Morgan fingerprint density at radius 1 is 1.41 bits per heavy atom. The van der Waals surface area contributed by atoms with Gasteiger partial charge < -0.3 is 4.74 Å². The number of hydrogen-bond donors (Lipinski definition) is 0. The van der Waals surface area contributed by atoms with E-state index in [0.29, 0.717) is 17.4 Å². The van der Waals surface area contributed by atoms with Crippen molar-refractivity contribution in [2.75, 3.05) is 0 Å². The van der Waals surface area contributed by atoms with Gasteiger partial charge in [-0.3, -0.25) is 0 Å². The molecule has 17 heavy (non-hydrogen) atoms. The molecule has 1 nitrogen and oxygen atoms in total. The van der Waals surface area contributed by atoms with E-state index in [1.165, 1.54) is 17.5 Å². The predicted molar refractivity (Wildman–Crippen MR) is 70.7 cm³/mol. The molecule has 0 amide bonds.